The Labute approximate surface area is 101 Å². The van der Waals surface area contributed by atoms with E-state index < -0.39 is 0 Å². The molecule has 0 heterocycles. The molecule has 3 nitrogen and oxygen atoms in total. The van der Waals surface area contributed by atoms with Crippen LogP contribution < -0.4 is 11.1 Å². The van der Waals surface area contributed by atoms with E-state index >= 15 is 0 Å². The molecule has 0 amide bonds. The van der Waals surface area contributed by atoms with Crippen LogP contribution in [0.1, 0.15) is 40.5 Å². The summed E-state index contributed by atoms with van der Waals surface area (Å²) in [7, 11) is 0. The first-order valence-corrected chi connectivity index (χ1v) is 6.56. The van der Waals surface area contributed by atoms with Crippen molar-refractivity contribution >= 4 is 0 Å². The largest absolute Gasteiger partial charge is 0.396 e. The van der Waals surface area contributed by atoms with Gasteiger partial charge in [0, 0.05) is 18.6 Å². The van der Waals surface area contributed by atoms with Gasteiger partial charge in [-0.1, -0.05) is 27.7 Å². The zero-order valence-corrected chi connectivity index (χ0v) is 11.4. The summed E-state index contributed by atoms with van der Waals surface area (Å²) in [6.45, 7) is 11.5. The minimum Gasteiger partial charge on any atom is -0.396 e. The van der Waals surface area contributed by atoms with Gasteiger partial charge in [0.15, 0.2) is 0 Å². The first-order valence-electron chi connectivity index (χ1n) is 6.56. The molecule has 1 atom stereocenters. The SMILES string of the molecule is CCC(CC)(CO)CNCC(CN)C(C)C. The minimum atomic E-state index is 0.0517. The molecule has 0 fully saturated rings. The maximum atomic E-state index is 9.44. The average molecular weight is 230 g/mol. The lowest BCUT2D eigenvalue weighted by molar-refractivity contribution is 0.111. The van der Waals surface area contributed by atoms with Crippen molar-refractivity contribution in [2.45, 2.75) is 40.5 Å². The highest BCUT2D eigenvalue weighted by atomic mass is 16.3. The number of hydrogen-bond acceptors (Lipinski definition) is 3. The second-order valence-electron chi connectivity index (χ2n) is 5.24. The van der Waals surface area contributed by atoms with Gasteiger partial charge in [-0.3, -0.25) is 0 Å². The van der Waals surface area contributed by atoms with E-state index in [0.29, 0.717) is 11.8 Å². The van der Waals surface area contributed by atoms with Crippen LogP contribution in [0.25, 0.3) is 0 Å². The van der Waals surface area contributed by atoms with Crippen molar-refractivity contribution in [3.8, 4) is 0 Å². The summed E-state index contributed by atoms with van der Waals surface area (Å²) in [6, 6.07) is 0. The van der Waals surface area contributed by atoms with Gasteiger partial charge in [-0.25, -0.2) is 0 Å². The van der Waals surface area contributed by atoms with Crippen molar-refractivity contribution in [2.75, 3.05) is 26.2 Å². The van der Waals surface area contributed by atoms with Crippen molar-refractivity contribution in [1.29, 1.82) is 0 Å². The summed E-state index contributed by atoms with van der Waals surface area (Å²) in [6.07, 6.45) is 2.03. The van der Waals surface area contributed by atoms with Gasteiger partial charge in [0.1, 0.15) is 0 Å². The molecular formula is C13H30N2O. The Morgan fingerprint density at radius 3 is 2.12 bits per heavy atom. The van der Waals surface area contributed by atoms with Crippen molar-refractivity contribution in [1.82, 2.24) is 5.32 Å². The quantitative estimate of drug-likeness (QED) is 0.564. The Kier molecular flexibility index (Phi) is 7.98. The fourth-order valence-corrected chi connectivity index (χ4v) is 1.89. The zero-order valence-electron chi connectivity index (χ0n) is 11.4. The minimum absolute atomic E-state index is 0.0517. The second-order valence-corrected chi connectivity index (χ2v) is 5.24. The van der Waals surface area contributed by atoms with Crippen LogP contribution in [0, 0.1) is 17.3 Å². The highest BCUT2D eigenvalue weighted by Crippen LogP contribution is 2.24. The molecule has 0 aliphatic rings. The van der Waals surface area contributed by atoms with E-state index in [9.17, 15) is 5.11 Å². The first kappa shape index (κ1) is 15.9. The molecule has 16 heavy (non-hydrogen) atoms. The maximum absolute atomic E-state index is 9.44. The highest BCUT2D eigenvalue weighted by molar-refractivity contribution is 4.79. The molecule has 4 N–H and O–H groups in total. The molecular weight excluding hydrogens is 200 g/mol. The molecule has 0 rings (SSSR count). The van der Waals surface area contributed by atoms with Crippen molar-refractivity contribution in [3.05, 3.63) is 0 Å². The lowest BCUT2D eigenvalue weighted by Crippen LogP contribution is -2.40. The van der Waals surface area contributed by atoms with Crippen LogP contribution in [0.15, 0.2) is 0 Å². The van der Waals surface area contributed by atoms with E-state index in [1.165, 1.54) is 0 Å². The van der Waals surface area contributed by atoms with Crippen molar-refractivity contribution in [3.63, 3.8) is 0 Å². The lowest BCUT2D eigenvalue weighted by atomic mass is 9.83. The fourth-order valence-electron chi connectivity index (χ4n) is 1.89. The van der Waals surface area contributed by atoms with Gasteiger partial charge >= 0.3 is 0 Å². The zero-order chi connectivity index (χ0) is 12.6. The Bertz CT molecular complexity index is 159. The molecule has 0 aromatic rings. The summed E-state index contributed by atoms with van der Waals surface area (Å²) >= 11 is 0. The van der Waals surface area contributed by atoms with Crippen LogP contribution >= 0.6 is 0 Å². The number of hydrogen-bond donors (Lipinski definition) is 3. The Hall–Kier alpha value is -0.120. The predicted molar refractivity (Wildman–Crippen MR) is 70.4 cm³/mol. The van der Waals surface area contributed by atoms with E-state index in [4.69, 9.17) is 5.73 Å². The third-order valence-electron chi connectivity index (χ3n) is 3.99. The molecule has 1 unspecified atom stereocenters. The van der Waals surface area contributed by atoms with Gasteiger partial charge in [-0.05, 0) is 37.8 Å². The van der Waals surface area contributed by atoms with E-state index in [-0.39, 0.29) is 12.0 Å². The van der Waals surface area contributed by atoms with Gasteiger partial charge in [-0.2, -0.15) is 0 Å². The summed E-state index contributed by atoms with van der Waals surface area (Å²) < 4.78 is 0. The van der Waals surface area contributed by atoms with Crippen LogP contribution in [0.4, 0.5) is 0 Å². The molecule has 0 saturated heterocycles. The predicted octanol–water partition coefficient (Wildman–Crippen LogP) is 1.61. The molecule has 0 aromatic carbocycles. The van der Waals surface area contributed by atoms with Crippen molar-refractivity contribution in [2.24, 2.45) is 23.0 Å². The summed E-state index contributed by atoms with van der Waals surface area (Å²) in [5.74, 6) is 1.15. The second kappa shape index (κ2) is 8.04. The molecule has 0 spiro atoms. The van der Waals surface area contributed by atoms with Gasteiger partial charge in [0.05, 0.1) is 0 Å². The smallest absolute Gasteiger partial charge is 0.0499 e. The third kappa shape index (κ3) is 4.81. The standard InChI is InChI=1S/C13H30N2O/c1-5-13(6-2,10-16)9-15-8-12(7-14)11(3)4/h11-12,15-16H,5-10,14H2,1-4H3. The van der Waals surface area contributed by atoms with Crippen LogP contribution in [0.5, 0.6) is 0 Å². The Morgan fingerprint density at radius 1 is 1.25 bits per heavy atom. The first-order chi connectivity index (χ1) is 7.55. The average Bonchev–Trinajstić information content (AvgIpc) is 2.30. The summed E-state index contributed by atoms with van der Waals surface area (Å²) in [5.41, 5.74) is 5.78. The monoisotopic (exact) mass is 230 g/mol. The fraction of sp³-hybridized carbons (Fsp3) is 1.00. The number of aliphatic hydroxyl groups is 1. The van der Waals surface area contributed by atoms with E-state index in [1.54, 1.807) is 0 Å². The number of nitrogens with two attached hydrogens (primary N) is 1. The molecule has 0 radical (unpaired) electrons. The number of nitrogens with one attached hydrogen (secondary N) is 1. The van der Waals surface area contributed by atoms with E-state index in [1.807, 2.05) is 0 Å². The molecule has 0 aromatic heterocycles. The topological polar surface area (TPSA) is 58.3 Å². The normalized spacial score (nSPS) is 14.4. The third-order valence-corrected chi connectivity index (χ3v) is 3.99. The molecule has 0 aliphatic carbocycles. The number of aliphatic hydroxyl groups excluding tert-OH is 1. The Morgan fingerprint density at radius 2 is 1.81 bits per heavy atom. The Balaban J connectivity index is 4.02. The van der Waals surface area contributed by atoms with Gasteiger partial charge in [-0.15, -0.1) is 0 Å². The number of rotatable bonds is 9. The van der Waals surface area contributed by atoms with Crippen LogP contribution in [-0.2, 0) is 0 Å². The lowest BCUT2D eigenvalue weighted by Gasteiger charge is -2.31. The van der Waals surface area contributed by atoms with Crippen LogP contribution in [0.3, 0.4) is 0 Å². The van der Waals surface area contributed by atoms with Gasteiger partial charge in [0.25, 0.3) is 0 Å². The molecule has 0 saturated carbocycles. The van der Waals surface area contributed by atoms with E-state index in [2.05, 4.69) is 33.0 Å². The van der Waals surface area contributed by atoms with Crippen LogP contribution in [-0.4, -0.2) is 31.3 Å². The maximum Gasteiger partial charge on any atom is 0.0499 e. The van der Waals surface area contributed by atoms with E-state index in [0.717, 1.165) is 32.5 Å². The molecule has 3 heteroatoms. The highest BCUT2D eigenvalue weighted by Gasteiger charge is 2.25. The van der Waals surface area contributed by atoms with Crippen molar-refractivity contribution < 1.29 is 5.11 Å². The van der Waals surface area contributed by atoms with Gasteiger partial charge in [0.2, 0.25) is 0 Å². The molecule has 0 aliphatic heterocycles. The van der Waals surface area contributed by atoms with Gasteiger partial charge < -0.3 is 16.2 Å². The molecule has 98 valence electrons. The summed E-state index contributed by atoms with van der Waals surface area (Å²) in [4.78, 5) is 0. The summed E-state index contributed by atoms with van der Waals surface area (Å²) in [5, 5.41) is 12.9. The molecule has 0 bridgehead atoms. The van der Waals surface area contributed by atoms with Crippen LogP contribution in [0.2, 0.25) is 0 Å².